The lowest BCUT2D eigenvalue weighted by atomic mass is 10.1. The lowest BCUT2D eigenvalue weighted by Crippen LogP contribution is -2.40. The van der Waals surface area contributed by atoms with E-state index in [1.54, 1.807) is 12.1 Å². The van der Waals surface area contributed by atoms with Gasteiger partial charge < -0.3 is 9.32 Å². The minimum atomic E-state index is -3.20. The normalized spacial score (nSPS) is 17.5. The number of hydrogen-bond donors (Lipinski definition) is 0. The highest BCUT2D eigenvalue weighted by Crippen LogP contribution is 2.24. The summed E-state index contributed by atoms with van der Waals surface area (Å²) in [5.74, 6) is -0.562. The number of amides is 1. The van der Waals surface area contributed by atoms with Crippen LogP contribution in [0.3, 0.4) is 0 Å². The van der Waals surface area contributed by atoms with Crippen molar-refractivity contribution < 1.29 is 17.6 Å². The number of sulfone groups is 1. The molecule has 6 nitrogen and oxygen atoms in total. The number of carbonyl (C=O) groups is 1. The molecule has 0 spiro atoms. The summed E-state index contributed by atoms with van der Waals surface area (Å²) < 4.78 is 30.1. The number of carbonyl (C=O) groups excluding carboxylic acids is 1. The summed E-state index contributed by atoms with van der Waals surface area (Å²) in [6.45, 7) is 4.32. The number of fused-ring (bicyclic) bond motifs is 1. The molecule has 168 valence electrons. The van der Waals surface area contributed by atoms with Gasteiger partial charge in [-0.25, -0.2) is 8.42 Å². The van der Waals surface area contributed by atoms with Crippen molar-refractivity contribution >= 4 is 26.7 Å². The van der Waals surface area contributed by atoms with Gasteiger partial charge in [-0.1, -0.05) is 44.2 Å². The molecule has 1 unspecified atom stereocenters. The van der Waals surface area contributed by atoms with Gasteiger partial charge in [0.2, 0.25) is 0 Å². The minimum Gasteiger partial charge on any atom is -0.451 e. The number of hydrogen-bond acceptors (Lipinski definition) is 5. The molecule has 4 rings (SSSR count). The van der Waals surface area contributed by atoms with Gasteiger partial charge in [0, 0.05) is 18.7 Å². The SMILES string of the molecule is CCc1ccc(CN(C(=O)c2cc(=O)c3cc(CC)ccc3o2)C2CCS(=O)(=O)C2)cc1. The monoisotopic (exact) mass is 453 g/mol. The quantitative estimate of drug-likeness (QED) is 0.568. The van der Waals surface area contributed by atoms with Gasteiger partial charge in [-0.2, -0.15) is 0 Å². The number of nitrogens with zero attached hydrogens (tertiary/aromatic N) is 1. The Kier molecular flexibility index (Phi) is 6.20. The summed E-state index contributed by atoms with van der Waals surface area (Å²) in [7, 11) is -3.20. The molecule has 1 fully saturated rings. The fraction of sp³-hybridized carbons (Fsp3) is 0.360. The third kappa shape index (κ3) is 4.63. The number of benzene rings is 2. The van der Waals surface area contributed by atoms with Gasteiger partial charge in [0.05, 0.1) is 16.9 Å². The van der Waals surface area contributed by atoms with Crippen LogP contribution in [-0.4, -0.2) is 36.8 Å². The summed E-state index contributed by atoms with van der Waals surface area (Å²) in [4.78, 5) is 27.7. The minimum absolute atomic E-state index is 0.0533. The van der Waals surface area contributed by atoms with E-state index >= 15 is 0 Å². The first-order chi connectivity index (χ1) is 15.3. The average molecular weight is 454 g/mol. The van der Waals surface area contributed by atoms with Gasteiger partial charge in [-0.15, -0.1) is 0 Å². The summed E-state index contributed by atoms with van der Waals surface area (Å²) in [5.41, 5.74) is 3.16. The molecule has 0 bridgehead atoms. The van der Waals surface area contributed by atoms with Crippen LogP contribution in [0.4, 0.5) is 0 Å². The van der Waals surface area contributed by atoms with E-state index < -0.39 is 21.8 Å². The van der Waals surface area contributed by atoms with Gasteiger partial charge in [-0.3, -0.25) is 9.59 Å². The molecule has 3 aromatic rings. The van der Waals surface area contributed by atoms with Crippen molar-refractivity contribution in [3.05, 3.63) is 81.2 Å². The maximum absolute atomic E-state index is 13.5. The molecule has 7 heteroatoms. The standard InChI is InChI=1S/C25H27NO5S/c1-3-17-5-7-19(8-6-17)15-26(20-11-12-32(29,30)16-20)25(28)24-14-22(27)21-13-18(4-2)9-10-23(21)31-24/h5-10,13-14,20H,3-4,11-12,15-16H2,1-2H3. The van der Waals surface area contributed by atoms with Gasteiger partial charge >= 0.3 is 0 Å². The Morgan fingerprint density at radius 3 is 2.28 bits per heavy atom. The van der Waals surface area contributed by atoms with Crippen molar-refractivity contribution in [2.45, 2.75) is 45.7 Å². The second-order valence-corrected chi connectivity index (χ2v) is 10.5. The largest absolute Gasteiger partial charge is 0.451 e. The van der Waals surface area contributed by atoms with Crippen LogP contribution in [0.15, 0.2) is 57.7 Å². The van der Waals surface area contributed by atoms with Crippen LogP contribution in [0.5, 0.6) is 0 Å². The van der Waals surface area contributed by atoms with E-state index in [2.05, 4.69) is 6.92 Å². The van der Waals surface area contributed by atoms with E-state index in [0.717, 1.165) is 24.0 Å². The second kappa shape index (κ2) is 8.90. The van der Waals surface area contributed by atoms with Crippen molar-refractivity contribution in [2.24, 2.45) is 0 Å². The lowest BCUT2D eigenvalue weighted by Gasteiger charge is -2.28. The van der Waals surface area contributed by atoms with E-state index in [1.165, 1.54) is 16.5 Å². The first-order valence-corrected chi connectivity index (χ1v) is 12.8. The van der Waals surface area contributed by atoms with Crippen molar-refractivity contribution in [3.63, 3.8) is 0 Å². The molecule has 32 heavy (non-hydrogen) atoms. The Morgan fingerprint density at radius 1 is 1.00 bits per heavy atom. The van der Waals surface area contributed by atoms with Gasteiger partial charge in [0.25, 0.3) is 5.91 Å². The van der Waals surface area contributed by atoms with E-state index in [-0.39, 0.29) is 29.2 Å². The summed E-state index contributed by atoms with van der Waals surface area (Å²) in [6, 6.07) is 14.0. The number of rotatable bonds is 6. The molecule has 0 radical (unpaired) electrons. The summed E-state index contributed by atoms with van der Waals surface area (Å²) in [5, 5.41) is 0.436. The van der Waals surface area contributed by atoms with Gasteiger partial charge in [0.15, 0.2) is 21.0 Å². The van der Waals surface area contributed by atoms with Crippen molar-refractivity contribution in [1.82, 2.24) is 4.90 Å². The molecule has 0 N–H and O–H groups in total. The number of aryl methyl sites for hydroxylation is 2. The fourth-order valence-corrected chi connectivity index (χ4v) is 5.87. The van der Waals surface area contributed by atoms with E-state index in [0.29, 0.717) is 17.4 Å². The van der Waals surface area contributed by atoms with Crippen molar-refractivity contribution in [1.29, 1.82) is 0 Å². The Labute approximate surface area is 187 Å². The Hall–Kier alpha value is -2.93. The summed E-state index contributed by atoms with van der Waals surface area (Å²) >= 11 is 0. The zero-order chi connectivity index (χ0) is 22.9. The molecule has 0 saturated carbocycles. The lowest BCUT2D eigenvalue weighted by molar-refractivity contribution is 0.0648. The highest BCUT2D eigenvalue weighted by molar-refractivity contribution is 7.91. The molecule has 2 heterocycles. The average Bonchev–Trinajstić information content (AvgIpc) is 3.16. The first kappa shape index (κ1) is 22.3. The van der Waals surface area contributed by atoms with Gasteiger partial charge in [0.1, 0.15) is 5.58 Å². The van der Waals surface area contributed by atoms with Crippen molar-refractivity contribution in [3.8, 4) is 0 Å². The molecule has 1 saturated heterocycles. The van der Waals surface area contributed by atoms with Crippen LogP contribution in [0.1, 0.15) is 47.5 Å². The molecule has 1 aliphatic heterocycles. The highest BCUT2D eigenvalue weighted by atomic mass is 32.2. The van der Waals surface area contributed by atoms with Crippen LogP contribution in [0, 0.1) is 0 Å². The molecule has 1 atom stereocenters. The Bertz CT molecular complexity index is 1310. The van der Waals surface area contributed by atoms with Crippen molar-refractivity contribution in [2.75, 3.05) is 11.5 Å². The topological polar surface area (TPSA) is 84.7 Å². The molecule has 1 aliphatic rings. The zero-order valence-corrected chi connectivity index (χ0v) is 19.2. The molecule has 2 aromatic carbocycles. The second-order valence-electron chi connectivity index (χ2n) is 8.32. The van der Waals surface area contributed by atoms with Crippen LogP contribution in [0.2, 0.25) is 0 Å². The third-order valence-corrected chi connectivity index (χ3v) is 7.86. The van der Waals surface area contributed by atoms with E-state index in [9.17, 15) is 18.0 Å². The predicted octanol–water partition coefficient (Wildman–Crippen LogP) is 3.75. The molecular formula is C25H27NO5S. The third-order valence-electron chi connectivity index (χ3n) is 6.10. The summed E-state index contributed by atoms with van der Waals surface area (Å²) in [6.07, 6.45) is 2.07. The zero-order valence-electron chi connectivity index (χ0n) is 18.3. The fourth-order valence-electron chi connectivity index (χ4n) is 4.14. The Morgan fingerprint density at radius 2 is 1.66 bits per heavy atom. The predicted molar refractivity (Wildman–Crippen MR) is 125 cm³/mol. The van der Waals surface area contributed by atoms with Crippen LogP contribution < -0.4 is 5.43 Å². The maximum Gasteiger partial charge on any atom is 0.290 e. The van der Waals surface area contributed by atoms with E-state index in [4.69, 9.17) is 4.42 Å². The Balaban J connectivity index is 1.71. The van der Waals surface area contributed by atoms with E-state index in [1.807, 2.05) is 37.3 Å². The molecule has 1 aromatic heterocycles. The smallest absolute Gasteiger partial charge is 0.290 e. The molecule has 0 aliphatic carbocycles. The first-order valence-electron chi connectivity index (χ1n) is 11.0. The maximum atomic E-state index is 13.5. The highest BCUT2D eigenvalue weighted by Gasteiger charge is 2.36. The molecular weight excluding hydrogens is 426 g/mol. The van der Waals surface area contributed by atoms with Crippen LogP contribution in [-0.2, 0) is 29.2 Å². The molecule has 1 amide bonds. The van der Waals surface area contributed by atoms with Crippen LogP contribution in [0.25, 0.3) is 11.0 Å². The van der Waals surface area contributed by atoms with Gasteiger partial charge in [-0.05, 0) is 48.1 Å². The van der Waals surface area contributed by atoms with Crippen LogP contribution >= 0.6 is 0 Å².